The predicted molar refractivity (Wildman–Crippen MR) is 80.9 cm³/mol. The number of nitrogens with one attached hydrogen (secondary N) is 1. The minimum atomic E-state index is 0.180. The number of thiazole rings is 1. The molecule has 0 spiro atoms. The Kier molecular flexibility index (Phi) is 5.18. The van der Waals surface area contributed by atoms with Crippen LogP contribution in [0, 0.1) is 0 Å². The van der Waals surface area contributed by atoms with Crippen molar-refractivity contribution in [2.24, 2.45) is 0 Å². The maximum atomic E-state index is 9.01. The number of aromatic nitrogens is 1. The standard InChI is InChI=1S/C14H19N3OS/c1-2-17(7-8-18)13-5-3-12(4-6-13)16-10-14-9-15-11-19-14/h3-6,9,11,16,18H,2,7-8,10H2,1H3. The lowest BCUT2D eigenvalue weighted by Gasteiger charge is -2.22. The maximum absolute atomic E-state index is 9.01. The lowest BCUT2D eigenvalue weighted by atomic mass is 10.2. The number of anilines is 2. The van der Waals surface area contributed by atoms with E-state index in [9.17, 15) is 0 Å². The Bertz CT molecular complexity index is 470. The summed E-state index contributed by atoms with van der Waals surface area (Å²) >= 11 is 1.65. The third kappa shape index (κ3) is 3.94. The zero-order chi connectivity index (χ0) is 13.5. The van der Waals surface area contributed by atoms with Gasteiger partial charge in [0.25, 0.3) is 0 Å². The fourth-order valence-electron chi connectivity index (χ4n) is 1.90. The molecule has 0 aliphatic rings. The van der Waals surface area contributed by atoms with E-state index in [2.05, 4.69) is 46.4 Å². The number of aliphatic hydroxyl groups is 1. The average molecular weight is 277 g/mol. The van der Waals surface area contributed by atoms with Crippen LogP contribution in [0.25, 0.3) is 0 Å². The molecule has 1 heterocycles. The summed E-state index contributed by atoms with van der Waals surface area (Å²) in [5, 5.41) is 12.4. The van der Waals surface area contributed by atoms with Gasteiger partial charge >= 0.3 is 0 Å². The van der Waals surface area contributed by atoms with Crippen molar-refractivity contribution < 1.29 is 5.11 Å². The van der Waals surface area contributed by atoms with E-state index in [-0.39, 0.29) is 6.61 Å². The first-order valence-electron chi connectivity index (χ1n) is 6.40. The molecule has 0 bridgehead atoms. The molecule has 2 N–H and O–H groups in total. The molecule has 4 nitrogen and oxygen atoms in total. The van der Waals surface area contributed by atoms with E-state index >= 15 is 0 Å². The normalized spacial score (nSPS) is 10.4. The first-order valence-corrected chi connectivity index (χ1v) is 7.28. The molecule has 2 aromatic rings. The Hall–Kier alpha value is -1.59. The topological polar surface area (TPSA) is 48.4 Å². The van der Waals surface area contributed by atoms with Crippen molar-refractivity contribution in [3.05, 3.63) is 40.8 Å². The van der Waals surface area contributed by atoms with Crippen LogP contribution in [-0.2, 0) is 6.54 Å². The summed E-state index contributed by atoms with van der Waals surface area (Å²) in [6.45, 7) is 4.64. The molecule has 0 aliphatic heterocycles. The van der Waals surface area contributed by atoms with Gasteiger partial charge in [0.05, 0.1) is 18.7 Å². The molecule has 1 aromatic carbocycles. The molecular formula is C14H19N3OS. The number of hydrogen-bond acceptors (Lipinski definition) is 5. The van der Waals surface area contributed by atoms with Crippen molar-refractivity contribution in [3.8, 4) is 0 Å². The van der Waals surface area contributed by atoms with Gasteiger partial charge in [0.2, 0.25) is 0 Å². The molecule has 0 aliphatic carbocycles. The van der Waals surface area contributed by atoms with E-state index in [0.29, 0.717) is 6.54 Å². The van der Waals surface area contributed by atoms with Crippen LogP contribution in [-0.4, -0.2) is 29.8 Å². The molecule has 0 unspecified atom stereocenters. The third-order valence-electron chi connectivity index (χ3n) is 2.93. The van der Waals surface area contributed by atoms with E-state index in [1.165, 1.54) is 4.88 Å². The van der Waals surface area contributed by atoms with E-state index in [4.69, 9.17) is 5.11 Å². The fraction of sp³-hybridized carbons (Fsp3) is 0.357. The lowest BCUT2D eigenvalue weighted by molar-refractivity contribution is 0.302. The van der Waals surface area contributed by atoms with Gasteiger partial charge in [0.1, 0.15) is 0 Å². The van der Waals surface area contributed by atoms with E-state index < -0.39 is 0 Å². The second-order valence-corrected chi connectivity index (χ2v) is 5.14. The van der Waals surface area contributed by atoms with Crippen LogP contribution < -0.4 is 10.2 Å². The van der Waals surface area contributed by atoms with Crippen LogP contribution in [0.15, 0.2) is 36.0 Å². The smallest absolute Gasteiger partial charge is 0.0794 e. The van der Waals surface area contributed by atoms with Crippen LogP contribution in [0.5, 0.6) is 0 Å². The van der Waals surface area contributed by atoms with Crippen LogP contribution >= 0.6 is 11.3 Å². The number of nitrogens with zero attached hydrogens (tertiary/aromatic N) is 2. The minimum Gasteiger partial charge on any atom is -0.395 e. The molecule has 19 heavy (non-hydrogen) atoms. The van der Waals surface area contributed by atoms with Crippen molar-refractivity contribution in [2.45, 2.75) is 13.5 Å². The molecule has 0 amide bonds. The Labute approximate surface area is 117 Å². The number of rotatable bonds is 7. The highest BCUT2D eigenvalue weighted by Gasteiger charge is 2.03. The van der Waals surface area contributed by atoms with Gasteiger partial charge in [-0.3, -0.25) is 4.98 Å². The number of benzene rings is 1. The molecule has 102 valence electrons. The van der Waals surface area contributed by atoms with E-state index in [1.54, 1.807) is 11.3 Å². The van der Waals surface area contributed by atoms with Crippen molar-refractivity contribution >= 4 is 22.7 Å². The number of likely N-dealkylation sites (N-methyl/N-ethyl adjacent to an activating group) is 1. The third-order valence-corrected chi connectivity index (χ3v) is 3.71. The predicted octanol–water partition coefficient (Wildman–Crippen LogP) is 2.57. The zero-order valence-electron chi connectivity index (χ0n) is 11.0. The summed E-state index contributed by atoms with van der Waals surface area (Å²) in [5.41, 5.74) is 4.07. The highest BCUT2D eigenvalue weighted by Crippen LogP contribution is 2.18. The van der Waals surface area contributed by atoms with Gasteiger partial charge in [-0.15, -0.1) is 11.3 Å². The quantitative estimate of drug-likeness (QED) is 0.816. The summed E-state index contributed by atoms with van der Waals surface area (Å²) in [5.74, 6) is 0. The minimum absolute atomic E-state index is 0.180. The number of aliphatic hydroxyl groups excluding tert-OH is 1. The summed E-state index contributed by atoms with van der Waals surface area (Å²) in [4.78, 5) is 7.42. The van der Waals surface area contributed by atoms with Crippen molar-refractivity contribution in [1.29, 1.82) is 0 Å². The highest BCUT2D eigenvalue weighted by atomic mass is 32.1. The Morgan fingerprint density at radius 2 is 2.11 bits per heavy atom. The van der Waals surface area contributed by atoms with Gasteiger partial charge < -0.3 is 15.3 Å². The molecule has 0 fully saturated rings. The van der Waals surface area contributed by atoms with Crippen molar-refractivity contribution in [1.82, 2.24) is 4.98 Å². The molecule has 1 aromatic heterocycles. The van der Waals surface area contributed by atoms with Crippen LogP contribution in [0.1, 0.15) is 11.8 Å². The molecule has 0 saturated carbocycles. The monoisotopic (exact) mass is 277 g/mol. The molecule has 5 heteroatoms. The van der Waals surface area contributed by atoms with E-state index in [0.717, 1.165) is 24.5 Å². The van der Waals surface area contributed by atoms with Crippen molar-refractivity contribution in [2.75, 3.05) is 29.9 Å². The summed E-state index contributed by atoms with van der Waals surface area (Å²) in [6.07, 6.45) is 1.88. The lowest BCUT2D eigenvalue weighted by Crippen LogP contribution is -2.25. The SMILES string of the molecule is CCN(CCO)c1ccc(NCc2cncs2)cc1. The Morgan fingerprint density at radius 1 is 1.32 bits per heavy atom. The van der Waals surface area contributed by atoms with Crippen LogP contribution in [0.4, 0.5) is 11.4 Å². The summed E-state index contributed by atoms with van der Waals surface area (Å²) < 4.78 is 0. The second kappa shape index (κ2) is 7.11. The zero-order valence-corrected chi connectivity index (χ0v) is 11.9. The summed E-state index contributed by atoms with van der Waals surface area (Å²) in [7, 11) is 0. The fourth-order valence-corrected chi connectivity index (χ4v) is 2.43. The maximum Gasteiger partial charge on any atom is 0.0794 e. The Balaban J connectivity index is 1.93. The summed E-state index contributed by atoms with van der Waals surface area (Å²) in [6, 6.07) is 8.29. The average Bonchev–Trinajstić information content (AvgIpc) is 2.96. The van der Waals surface area contributed by atoms with Crippen LogP contribution in [0.2, 0.25) is 0 Å². The Morgan fingerprint density at radius 3 is 2.68 bits per heavy atom. The first kappa shape index (κ1) is 13.8. The van der Waals surface area contributed by atoms with Crippen molar-refractivity contribution in [3.63, 3.8) is 0 Å². The van der Waals surface area contributed by atoms with Gasteiger partial charge in [-0.25, -0.2) is 0 Å². The molecule has 0 atom stereocenters. The van der Waals surface area contributed by atoms with Crippen LogP contribution in [0.3, 0.4) is 0 Å². The van der Waals surface area contributed by atoms with Gasteiger partial charge in [0, 0.05) is 35.5 Å². The van der Waals surface area contributed by atoms with Gasteiger partial charge in [-0.2, -0.15) is 0 Å². The molecule has 0 saturated heterocycles. The van der Waals surface area contributed by atoms with E-state index in [1.807, 2.05) is 11.7 Å². The van der Waals surface area contributed by atoms with Gasteiger partial charge in [0.15, 0.2) is 0 Å². The molecule has 2 rings (SSSR count). The van der Waals surface area contributed by atoms with Gasteiger partial charge in [-0.1, -0.05) is 0 Å². The molecule has 0 radical (unpaired) electrons. The largest absolute Gasteiger partial charge is 0.395 e. The first-order chi connectivity index (χ1) is 9.33. The molecular weight excluding hydrogens is 258 g/mol. The number of hydrogen-bond donors (Lipinski definition) is 2. The van der Waals surface area contributed by atoms with Gasteiger partial charge in [-0.05, 0) is 31.2 Å². The second-order valence-electron chi connectivity index (χ2n) is 4.17. The highest BCUT2D eigenvalue weighted by molar-refractivity contribution is 7.09.